The van der Waals surface area contributed by atoms with Crippen molar-refractivity contribution in [2.24, 2.45) is 0 Å². The molecular formula is C29H41F2N3O5. The monoisotopic (exact) mass is 549 g/mol. The van der Waals surface area contributed by atoms with Crippen molar-refractivity contribution in [1.29, 1.82) is 0 Å². The molecule has 2 aromatic carbocycles. The molecule has 2 amide bonds. The van der Waals surface area contributed by atoms with E-state index < -0.39 is 47.9 Å². The minimum atomic E-state index is -1.15. The first-order valence-electron chi connectivity index (χ1n) is 13.4. The molecule has 0 aliphatic heterocycles. The summed E-state index contributed by atoms with van der Waals surface area (Å²) in [5.74, 6) is -2.21. The third-order valence-electron chi connectivity index (χ3n) is 6.44. The number of ether oxygens (including phenoxy) is 1. The Balaban J connectivity index is 2.17. The number of nitrogens with one attached hydrogen (secondary N) is 3. The van der Waals surface area contributed by atoms with Crippen LogP contribution in [0.25, 0.3) is 0 Å². The second-order valence-corrected chi connectivity index (χ2v) is 9.69. The standard InChI is InChI=1S/C29H41F2N3O5/c1-4-6-10-24(35)16-26(34-29(38)39-3)28(37)33-25(14-21-12-22(30)15-23(31)13-21)27(36)18-32-17-20-9-7-8-19(5-2)11-20/h7-9,11-13,15,24-27,32,35-36H,4-6,10,14,16-18H2,1-3H3,(H,33,37)(H,34,38)/t24?,25-,26+,27+/m0/s1. The quantitative estimate of drug-likeness (QED) is 0.219. The third-order valence-corrected chi connectivity index (χ3v) is 6.44. The number of amides is 2. The van der Waals surface area contributed by atoms with Crippen molar-refractivity contribution >= 4 is 12.0 Å². The van der Waals surface area contributed by atoms with Gasteiger partial charge in [0.1, 0.15) is 17.7 Å². The molecule has 0 spiro atoms. The van der Waals surface area contributed by atoms with E-state index in [1.165, 1.54) is 5.56 Å². The van der Waals surface area contributed by atoms with Gasteiger partial charge in [-0.3, -0.25) is 4.79 Å². The number of unbranched alkanes of at least 4 members (excludes halogenated alkanes) is 1. The number of halogens is 2. The maximum atomic E-state index is 13.9. The molecule has 0 saturated heterocycles. The zero-order valence-corrected chi connectivity index (χ0v) is 22.9. The zero-order valence-electron chi connectivity index (χ0n) is 22.9. The highest BCUT2D eigenvalue weighted by molar-refractivity contribution is 5.85. The van der Waals surface area contributed by atoms with Crippen LogP contribution in [0.5, 0.6) is 0 Å². The number of methoxy groups -OCH3 is 1. The fourth-order valence-electron chi connectivity index (χ4n) is 4.28. The van der Waals surface area contributed by atoms with E-state index >= 15 is 0 Å². The van der Waals surface area contributed by atoms with Crippen molar-refractivity contribution in [2.45, 2.75) is 83.2 Å². The lowest BCUT2D eigenvalue weighted by molar-refractivity contribution is -0.125. The van der Waals surface area contributed by atoms with Gasteiger partial charge in [0.05, 0.1) is 25.4 Å². The number of hydrogen-bond acceptors (Lipinski definition) is 6. The van der Waals surface area contributed by atoms with Crippen LogP contribution in [0.3, 0.4) is 0 Å². The molecule has 0 radical (unpaired) electrons. The number of benzene rings is 2. The minimum absolute atomic E-state index is 0.0651. The predicted molar refractivity (Wildman–Crippen MR) is 145 cm³/mol. The normalized spacial score (nSPS) is 14.2. The summed E-state index contributed by atoms with van der Waals surface area (Å²) in [4.78, 5) is 25.1. The van der Waals surface area contributed by atoms with Crippen LogP contribution in [0.2, 0.25) is 0 Å². The Morgan fingerprint density at radius 2 is 1.67 bits per heavy atom. The summed E-state index contributed by atoms with van der Waals surface area (Å²) in [6.45, 7) is 4.58. The lowest BCUT2D eigenvalue weighted by Crippen LogP contribution is -2.55. The summed E-state index contributed by atoms with van der Waals surface area (Å²) in [6, 6.07) is 8.91. The molecular weight excluding hydrogens is 508 g/mol. The summed E-state index contributed by atoms with van der Waals surface area (Å²) in [7, 11) is 1.16. The van der Waals surface area contributed by atoms with E-state index in [-0.39, 0.29) is 24.9 Å². The van der Waals surface area contributed by atoms with E-state index in [4.69, 9.17) is 0 Å². The van der Waals surface area contributed by atoms with Crippen molar-refractivity contribution in [1.82, 2.24) is 16.0 Å². The van der Waals surface area contributed by atoms with Gasteiger partial charge in [0.2, 0.25) is 5.91 Å². The molecule has 4 atom stereocenters. The highest BCUT2D eigenvalue weighted by Crippen LogP contribution is 2.14. The Kier molecular flexibility index (Phi) is 13.8. The first-order valence-corrected chi connectivity index (χ1v) is 13.4. The number of hydrogen-bond donors (Lipinski definition) is 5. The number of aliphatic hydroxyl groups is 2. The Labute approximate surface area is 229 Å². The zero-order chi connectivity index (χ0) is 28.8. The molecule has 2 rings (SSSR count). The van der Waals surface area contributed by atoms with Gasteiger partial charge in [0.25, 0.3) is 0 Å². The SMILES string of the molecule is CCCCC(O)C[C@@H](NC(=O)OC)C(=O)N[C@@H](Cc1cc(F)cc(F)c1)[C@H](O)CNCc1cccc(CC)c1. The van der Waals surface area contributed by atoms with E-state index in [0.29, 0.717) is 13.0 Å². The van der Waals surface area contributed by atoms with Crippen LogP contribution in [-0.2, 0) is 28.9 Å². The van der Waals surface area contributed by atoms with E-state index in [1.807, 2.05) is 25.1 Å². The maximum absolute atomic E-state index is 13.9. The topological polar surface area (TPSA) is 120 Å². The van der Waals surface area contributed by atoms with Gasteiger partial charge >= 0.3 is 6.09 Å². The number of carbonyl (C=O) groups is 2. The Morgan fingerprint density at radius 3 is 2.31 bits per heavy atom. The lowest BCUT2D eigenvalue weighted by Gasteiger charge is -2.28. The summed E-state index contributed by atoms with van der Waals surface area (Å²) in [5, 5.41) is 29.7. The van der Waals surface area contributed by atoms with Crippen LogP contribution in [0.4, 0.5) is 13.6 Å². The van der Waals surface area contributed by atoms with Gasteiger partial charge in [0, 0.05) is 25.6 Å². The van der Waals surface area contributed by atoms with E-state index in [1.54, 1.807) is 0 Å². The molecule has 216 valence electrons. The molecule has 10 heteroatoms. The highest BCUT2D eigenvalue weighted by Gasteiger charge is 2.29. The molecule has 1 unspecified atom stereocenters. The Hall–Kier alpha value is -3.08. The molecule has 39 heavy (non-hydrogen) atoms. The van der Waals surface area contributed by atoms with Gasteiger partial charge in [-0.15, -0.1) is 0 Å². The van der Waals surface area contributed by atoms with Crippen LogP contribution >= 0.6 is 0 Å². The van der Waals surface area contributed by atoms with Gasteiger partial charge in [-0.25, -0.2) is 13.6 Å². The third kappa shape index (κ3) is 11.7. The van der Waals surface area contributed by atoms with E-state index in [2.05, 4.69) is 33.7 Å². The van der Waals surface area contributed by atoms with Crippen molar-refractivity contribution in [3.8, 4) is 0 Å². The van der Waals surface area contributed by atoms with Gasteiger partial charge < -0.3 is 30.9 Å². The van der Waals surface area contributed by atoms with Crippen LogP contribution in [0, 0.1) is 11.6 Å². The molecule has 0 aromatic heterocycles. The van der Waals surface area contributed by atoms with E-state index in [0.717, 1.165) is 50.1 Å². The predicted octanol–water partition coefficient (Wildman–Crippen LogP) is 3.37. The second kappa shape index (κ2) is 16.8. The van der Waals surface area contributed by atoms with Gasteiger partial charge in [0.15, 0.2) is 0 Å². The highest BCUT2D eigenvalue weighted by atomic mass is 19.1. The Morgan fingerprint density at radius 1 is 0.974 bits per heavy atom. The fourth-order valence-corrected chi connectivity index (χ4v) is 4.28. The molecule has 0 aliphatic carbocycles. The Bertz CT molecular complexity index is 1040. The number of alkyl carbamates (subject to hydrolysis) is 1. The number of aryl methyl sites for hydroxylation is 1. The number of aliphatic hydroxyl groups excluding tert-OH is 2. The van der Waals surface area contributed by atoms with Crippen LogP contribution < -0.4 is 16.0 Å². The number of carbonyl (C=O) groups excluding carboxylic acids is 2. The maximum Gasteiger partial charge on any atom is 0.407 e. The van der Waals surface area contributed by atoms with Crippen molar-refractivity contribution in [3.05, 3.63) is 70.8 Å². The molecule has 0 fully saturated rings. The van der Waals surface area contributed by atoms with Crippen molar-refractivity contribution in [3.63, 3.8) is 0 Å². The molecule has 5 N–H and O–H groups in total. The molecule has 0 bridgehead atoms. The smallest absolute Gasteiger partial charge is 0.407 e. The minimum Gasteiger partial charge on any atom is -0.453 e. The van der Waals surface area contributed by atoms with Crippen LogP contribution in [0.1, 0.15) is 56.2 Å². The largest absolute Gasteiger partial charge is 0.453 e. The van der Waals surface area contributed by atoms with Gasteiger partial charge in [-0.05, 0) is 48.1 Å². The van der Waals surface area contributed by atoms with E-state index in [9.17, 15) is 28.6 Å². The summed E-state index contributed by atoms with van der Waals surface area (Å²) in [5.41, 5.74) is 2.45. The molecule has 0 aliphatic rings. The van der Waals surface area contributed by atoms with Gasteiger partial charge in [-0.2, -0.15) is 0 Å². The first-order chi connectivity index (χ1) is 18.6. The summed E-state index contributed by atoms with van der Waals surface area (Å²) in [6.07, 6.45) is -0.0403. The van der Waals surface area contributed by atoms with Crippen LogP contribution in [-0.4, -0.2) is 60.2 Å². The second-order valence-electron chi connectivity index (χ2n) is 9.69. The van der Waals surface area contributed by atoms with Gasteiger partial charge in [-0.1, -0.05) is 51.0 Å². The van der Waals surface area contributed by atoms with Crippen molar-refractivity contribution in [2.75, 3.05) is 13.7 Å². The average molecular weight is 550 g/mol. The summed E-state index contributed by atoms with van der Waals surface area (Å²) < 4.78 is 32.3. The van der Waals surface area contributed by atoms with Crippen molar-refractivity contribution < 1.29 is 33.3 Å². The molecule has 2 aromatic rings. The molecule has 8 nitrogen and oxygen atoms in total. The average Bonchev–Trinajstić information content (AvgIpc) is 2.90. The first kappa shape index (κ1) is 32.1. The summed E-state index contributed by atoms with van der Waals surface area (Å²) >= 11 is 0. The fraction of sp³-hybridized carbons (Fsp3) is 0.517. The van der Waals surface area contributed by atoms with Crippen LogP contribution in [0.15, 0.2) is 42.5 Å². The lowest BCUT2D eigenvalue weighted by atomic mass is 9.98. The molecule has 0 saturated carbocycles. The number of rotatable bonds is 16. The molecule has 0 heterocycles.